The van der Waals surface area contributed by atoms with Crippen molar-refractivity contribution in [2.24, 2.45) is 0 Å². The van der Waals surface area contributed by atoms with E-state index in [0.717, 1.165) is 24.6 Å². The molecule has 0 aromatic carbocycles. The third-order valence-electron chi connectivity index (χ3n) is 4.14. The fraction of sp³-hybridized carbons (Fsp3) is 0.529. The molecule has 0 fully saturated rings. The van der Waals surface area contributed by atoms with Crippen molar-refractivity contribution >= 4 is 0 Å². The van der Waals surface area contributed by atoms with E-state index in [4.69, 9.17) is 4.42 Å². The summed E-state index contributed by atoms with van der Waals surface area (Å²) in [5, 5.41) is 3.60. The Morgan fingerprint density at radius 1 is 1.20 bits per heavy atom. The summed E-state index contributed by atoms with van der Waals surface area (Å²) >= 11 is 0. The van der Waals surface area contributed by atoms with Crippen LogP contribution in [0, 0.1) is 27.7 Å². The molecular weight excluding hydrogens is 248 g/mol. The van der Waals surface area contributed by atoms with Gasteiger partial charge in [-0.15, -0.1) is 0 Å². The molecule has 0 radical (unpaired) electrons. The first-order valence-electron chi connectivity index (χ1n) is 7.40. The summed E-state index contributed by atoms with van der Waals surface area (Å²) in [6.45, 7) is 14.7. The normalized spacial score (nSPS) is 12.9. The highest BCUT2D eigenvalue weighted by molar-refractivity contribution is 5.28. The number of hydrogen-bond donors (Lipinski definition) is 1. The number of hydrogen-bond acceptors (Lipinski definition) is 2. The van der Waals surface area contributed by atoms with Crippen LogP contribution in [0.5, 0.6) is 0 Å². The Labute approximate surface area is 122 Å². The maximum absolute atomic E-state index is 5.61. The van der Waals surface area contributed by atoms with Crippen LogP contribution in [-0.2, 0) is 13.1 Å². The molecule has 20 heavy (non-hydrogen) atoms. The van der Waals surface area contributed by atoms with Crippen molar-refractivity contribution in [3.63, 3.8) is 0 Å². The number of nitrogens with zero attached hydrogens (tertiary/aromatic N) is 1. The number of rotatable bonds is 5. The van der Waals surface area contributed by atoms with Crippen LogP contribution in [0.1, 0.15) is 53.9 Å². The standard InChI is InChI=1S/C17H26N2O/c1-7-19-11(2)8-16(14(19)5)10-18-13(4)17-9-12(3)20-15(17)6/h8-9,13,18H,7,10H2,1-6H3. The number of furan rings is 1. The van der Waals surface area contributed by atoms with Crippen LogP contribution in [0.3, 0.4) is 0 Å². The molecule has 0 saturated carbocycles. The van der Waals surface area contributed by atoms with E-state index in [0.29, 0.717) is 6.04 Å². The Morgan fingerprint density at radius 2 is 1.90 bits per heavy atom. The summed E-state index contributed by atoms with van der Waals surface area (Å²) in [5.41, 5.74) is 5.34. The molecule has 1 atom stereocenters. The van der Waals surface area contributed by atoms with Crippen molar-refractivity contribution in [2.75, 3.05) is 0 Å². The van der Waals surface area contributed by atoms with Gasteiger partial charge in [0.2, 0.25) is 0 Å². The van der Waals surface area contributed by atoms with Crippen molar-refractivity contribution < 1.29 is 4.42 Å². The van der Waals surface area contributed by atoms with E-state index >= 15 is 0 Å². The van der Waals surface area contributed by atoms with Crippen molar-refractivity contribution in [2.45, 2.75) is 60.7 Å². The van der Waals surface area contributed by atoms with Gasteiger partial charge < -0.3 is 14.3 Å². The number of aromatic nitrogens is 1. The first-order valence-corrected chi connectivity index (χ1v) is 7.40. The molecule has 1 unspecified atom stereocenters. The van der Waals surface area contributed by atoms with Crippen molar-refractivity contribution in [1.82, 2.24) is 9.88 Å². The van der Waals surface area contributed by atoms with Gasteiger partial charge >= 0.3 is 0 Å². The van der Waals surface area contributed by atoms with Gasteiger partial charge in [0.25, 0.3) is 0 Å². The third kappa shape index (κ3) is 2.83. The minimum absolute atomic E-state index is 0.303. The maximum Gasteiger partial charge on any atom is 0.105 e. The van der Waals surface area contributed by atoms with Gasteiger partial charge in [-0.2, -0.15) is 0 Å². The zero-order valence-electron chi connectivity index (χ0n) is 13.5. The second kappa shape index (κ2) is 5.88. The van der Waals surface area contributed by atoms with E-state index < -0.39 is 0 Å². The van der Waals surface area contributed by atoms with Gasteiger partial charge in [0.15, 0.2) is 0 Å². The first-order chi connectivity index (χ1) is 9.43. The summed E-state index contributed by atoms with van der Waals surface area (Å²) in [4.78, 5) is 0. The molecule has 2 heterocycles. The van der Waals surface area contributed by atoms with Gasteiger partial charge in [0.1, 0.15) is 11.5 Å². The summed E-state index contributed by atoms with van der Waals surface area (Å²) < 4.78 is 7.96. The largest absolute Gasteiger partial charge is 0.466 e. The molecule has 0 aliphatic carbocycles. The van der Waals surface area contributed by atoms with Crippen LogP contribution in [0.25, 0.3) is 0 Å². The lowest BCUT2D eigenvalue weighted by Crippen LogP contribution is -2.18. The Balaban J connectivity index is 2.07. The summed E-state index contributed by atoms with van der Waals surface area (Å²) in [7, 11) is 0. The molecule has 0 aliphatic heterocycles. The molecular formula is C17H26N2O. The average molecular weight is 274 g/mol. The fourth-order valence-corrected chi connectivity index (χ4v) is 2.99. The van der Waals surface area contributed by atoms with Gasteiger partial charge in [0, 0.05) is 36.1 Å². The molecule has 3 heteroatoms. The van der Waals surface area contributed by atoms with Gasteiger partial charge in [-0.05, 0) is 59.2 Å². The number of nitrogens with one attached hydrogen (secondary N) is 1. The van der Waals surface area contributed by atoms with Crippen molar-refractivity contribution in [1.29, 1.82) is 0 Å². The van der Waals surface area contributed by atoms with E-state index in [1.54, 1.807) is 0 Å². The van der Waals surface area contributed by atoms with E-state index in [2.05, 4.69) is 49.7 Å². The monoisotopic (exact) mass is 274 g/mol. The quantitative estimate of drug-likeness (QED) is 0.886. The van der Waals surface area contributed by atoms with Gasteiger partial charge in [-0.3, -0.25) is 0 Å². The molecule has 110 valence electrons. The lowest BCUT2D eigenvalue weighted by atomic mass is 10.1. The second-order valence-corrected chi connectivity index (χ2v) is 5.61. The van der Waals surface area contributed by atoms with Gasteiger partial charge in [0.05, 0.1) is 0 Å². The Morgan fingerprint density at radius 3 is 2.40 bits per heavy atom. The zero-order valence-corrected chi connectivity index (χ0v) is 13.5. The molecule has 0 bridgehead atoms. The highest BCUT2D eigenvalue weighted by Gasteiger charge is 2.14. The Bertz CT molecular complexity index is 592. The first kappa shape index (κ1) is 14.9. The zero-order chi connectivity index (χ0) is 14.9. The van der Waals surface area contributed by atoms with E-state index in [1.807, 2.05) is 13.8 Å². The third-order valence-corrected chi connectivity index (χ3v) is 4.14. The SMILES string of the molecule is CCn1c(C)cc(CNC(C)c2cc(C)oc2C)c1C. The number of aryl methyl sites for hydroxylation is 3. The Kier molecular flexibility index (Phi) is 4.39. The highest BCUT2D eigenvalue weighted by Crippen LogP contribution is 2.22. The van der Waals surface area contributed by atoms with Crippen LogP contribution in [0.4, 0.5) is 0 Å². The molecule has 0 saturated heterocycles. The predicted octanol–water partition coefficient (Wildman–Crippen LogP) is 4.19. The van der Waals surface area contributed by atoms with Crippen molar-refractivity contribution in [3.8, 4) is 0 Å². The molecule has 2 aromatic rings. The minimum Gasteiger partial charge on any atom is -0.466 e. The molecule has 2 rings (SSSR count). The van der Waals surface area contributed by atoms with E-state index in [9.17, 15) is 0 Å². The van der Waals surface area contributed by atoms with Crippen LogP contribution >= 0.6 is 0 Å². The smallest absolute Gasteiger partial charge is 0.105 e. The molecule has 1 N–H and O–H groups in total. The van der Waals surface area contributed by atoms with Crippen LogP contribution in [0.15, 0.2) is 16.5 Å². The molecule has 2 aromatic heterocycles. The lowest BCUT2D eigenvalue weighted by Gasteiger charge is -2.13. The van der Waals surface area contributed by atoms with Crippen molar-refractivity contribution in [3.05, 3.63) is 46.2 Å². The topological polar surface area (TPSA) is 30.1 Å². The van der Waals surface area contributed by atoms with E-state index in [-0.39, 0.29) is 0 Å². The van der Waals surface area contributed by atoms with Gasteiger partial charge in [-0.25, -0.2) is 0 Å². The molecule has 0 aliphatic rings. The van der Waals surface area contributed by atoms with E-state index in [1.165, 1.54) is 22.5 Å². The fourth-order valence-electron chi connectivity index (χ4n) is 2.99. The van der Waals surface area contributed by atoms with Crippen LogP contribution in [0.2, 0.25) is 0 Å². The van der Waals surface area contributed by atoms with Gasteiger partial charge in [-0.1, -0.05) is 0 Å². The van der Waals surface area contributed by atoms with Crippen LogP contribution < -0.4 is 5.32 Å². The Hall–Kier alpha value is -1.48. The average Bonchev–Trinajstić information content (AvgIpc) is 2.86. The second-order valence-electron chi connectivity index (χ2n) is 5.61. The van der Waals surface area contributed by atoms with Crippen LogP contribution in [-0.4, -0.2) is 4.57 Å². The molecule has 0 spiro atoms. The summed E-state index contributed by atoms with van der Waals surface area (Å²) in [6, 6.07) is 4.71. The summed E-state index contributed by atoms with van der Waals surface area (Å²) in [6.07, 6.45) is 0. The maximum atomic E-state index is 5.61. The lowest BCUT2D eigenvalue weighted by molar-refractivity contribution is 0.489. The molecule has 0 amide bonds. The minimum atomic E-state index is 0.303. The highest BCUT2D eigenvalue weighted by atomic mass is 16.3. The summed E-state index contributed by atoms with van der Waals surface area (Å²) in [5.74, 6) is 2.00. The molecule has 3 nitrogen and oxygen atoms in total. The predicted molar refractivity (Wildman–Crippen MR) is 83.0 cm³/mol.